The highest BCUT2D eigenvalue weighted by Gasteiger charge is 2.36. The molecular weight excluding hydrogens is 302 g/mol. The van der Waals surface area contributed by atoms with Gasteiger partial charge in [0.15, 0.2) is 0 Å². The van der Waals surface area contributed by atoms with Crippen molar-refractivity contribution in [1.29, 1.82) is 0 Å². The van der Waals surface area contributed by atoms with Gasteiger partial charge in [0.25, 0.3) is 0 Å². The number of hydrogen-bond donors (Lipinski definition) is 1. The summed E-state index contributed by atoms with van der Waals surface area (Å²) in [7, 11) is 0. The molecule has 1 N–H and O–H groups in total. The Bertz CT molecular complexity index is 699. The molecule has 4 rings (SSSR count). The smallest absolute Gasteiger partial charge is 0.137 e. The molecule has 24 heavy (non-hydrogen) atoms. The van der Waals surface area contributed by atoms with Crippen LogP contribution in [0.25, 0.3) is 5.65 Å². The zero-order valence-electron chi connectivity index (χ0n) is 14.4. The summed E-state index contributed by atoms with van der Waals surface area (Å²) in [6, 6.07) is 6.52. The van der Waals surface area contributed by atoms with E-state index in [1.165, 1.54) is 12.1 Å². The second-order valence-corrected chi connectivity index (χ2v) is 7.26. The molecule has 1 aliphatic heterocycles. The number of morpholine rings is 1. The van der Waals surface area contributed by atoms with E-state index in [1.54, 1.807) is 0 Å². The maximum absolute atomic E-state index is 10.5. The van der Waals surface area contributed by atoms with Gasteiger partial charge in [-0.1, -0.05) is 18.9 Å². The Balaban J connectivity index is 1.55. The second kappa shape index (κ2) is 6.82. The van der Waals surface area contributed by atoms with Gasteiger partial charge in [0.1, 0.15) is 5.65 Å². The molecular formula is C19H27N3O2. The Hall–Kier alpha value is -1.43. The van der Waals surface area contributed by atoms with Crippen LogP contribution in [-0.2, 0) is 11.3 Å². The molecule has 3 atom stereocenters. The number of pyridine rings is 1. The summed E-state index contributed by atoms with van der Waals surface area (Å²) >= 11 is 0. The third kappa shape index (κ3) is 3.08. The molecule has 2 aromatic heterocycles. The largest absolute Gasteiger partial charge is 0.393 e. The van der Waals surface area contributed by atoms with Crippen molar-refractivity contribution in [3.05, 3.63) is 35.8 Å². The van der Waals surface area contributed by atoms with Gasteiger partial charge < -0.3 is 14.2 Å². The van der Waals surface area contributed by atoms with Crippen LogP contribution in [0.5, 0.6) is 0 Å². The first-order valence-corrected chi connectivity index (χ1v) is 9.16. The van der Waals surface area contributed by atoms with Crippen molar-refractivity contribution in [2.45, 2.75) is 51.3 Å². The Kier molecular flexibility index (Phi) is 4.57. The molecule has 2 aromatic rings. The highest BCUT2D eigenvalue weighted by Crippen LogP contribution is 2.31. The number of ether oxygens (including phenoxy) is 1. The molecule has 5 nitrogen and oxygen atoms in total. The minimum atomic E-state index is -0.184. The lowest BCUT2D eigenvalue weighted by molar-refractivity contribution is -0.0718. The summed E-state index contributed by atoms with van der Waals surface area (Å²) in [6.45, 7) is 5.35. The molecule has 0 radical (unpaired) electrons. The van der Waals surface area contributed by atoms with E-state index in [9.17, 15) is 5.11 Å². The fourth-order valence-electron chi connectivity index (χ4n) is 4.32. The maximum atomic E-state index is 10.5. The number of fused-ring (bicyclic) bond motifs is 1. The highest BCUT2D eigenvalue weighted by atomic mass is 16.5. The van der Waals surface area contributed by atoms with Gasteiger partial charge in [-0.05, 0) is 31.9 Å². The molecule has 2 fully saturated rings. The van der Waals surface area contributed by atoms with Crippen LogP contribution in [0.4, 0.5) is 0 Å². The van der Waals surface area contributed by atoms with Crippen molar-refractivity contribution in [2.75, 3.05) is 19.8 Å². The quantitative estimate of drug-likeness (QED) is 0.939. The van der Waals surface area contributed by atoms with Crippen LogP contribution < -0.4 is 0 Å². The third-order valence-electron chi connectivity index (χ3n) is 5.67. The third-order valence-corrected chi connectivity index (χ3v) is 5.67. The maximum Gasteiger partial charge on any atom is 0.137 e. The van der Waals surface area contributed by atoms with Crippen molar-refractivity contribution in [2.24, 2.45) is 5.92 Å². The van der Waals surface area contributed by atoms with Crippen molar-refractivity contribution < 1.29 is 9.84 Å². The van der Waals surface area contributed by atoms with Crippen LogP contribution in [0, 0.1) is 12.8 Å². The minimum absolute atomic E-state index is 0.184. The van der Waals surface area contributed by atoms with Crippen molar-refractivity contribution >= 4 is 5.65 Å². The zero-order valence-corrected chi connectivity index (χ0v) is 14.4. The highest BCUT2D eigenvalue weighted by molar-refractivity contribution is 5.41. The van der Waals surface area contributed by atoms with Crippen LogP contribution in [0.3, 0.4) is 0 Å². The van der Waals surface area contributed by atoms with Crippen LogP contribution in [0.15, 0.2) is 24.4 Å². The standard InChI is InChI=1S/C19H27N3O2/c1-14-5-4-8-19-20-15(12-22(14)19)11-21-9-10-24-13-17(21)16-6-2-3-7-18(16)23/h4-5,8,12,16-18,23H,2-3,6-7,9-11,13H2,1H3. The number of nitrogens with zero attached hydrogens (tertiary/aromatic N) is 3. The predicted octanol–water partition coefficient (Wildman–Crippen LogP) is 2.39. The Labute approximate surface area is 143 Å². The molecule has 1 saturated carbocycles. The molecule has 0 bridgehead atoms. The van der Waals surface area contributed by atoms with Crippen molar-refractivity contribution in [1.82, 2.24) is 14.3 Å². The van der Waals surface area contributed by atoms with Crippen LogP contribution >= 0.6 is 0 Å². The second-order valence-electron chi connectivity index (χ2n) is 7.26. The van der Waals surface area contributed by atoms with E-state index in [0.717, 1.165) is 56.9 Å². The van der Waals surface area contributed by atoms with Crippen LogP contribution in [0.1, 0.15) is 37.1 Å². The van der Waals surface area contributed by atoms with Gasteiger partial charge in [-0.25, -0.2) is 4.98 Å². The number of hydrogen-bond acceptors (Lipinski definition) is 4. The van der Waals surface area contributed by atoms with E-state index >= 15 is 0 Å². The average Bonchev–Trinajstić information content (AvgIpc) is 3.00. The lowest BCUT2D eigenvalue weighted by atomic mass is 9.80. The Morgan fingerprint density at radius 2 is 2.17 bits per heavy atom. The first-order valence-electron chi connectivity index (χ1n) is 9.16. The zero-order chi connectivity index (χ0) is 16.5. The van der Waals surface area contributed by atoms with Crippen LogP contribution in [-0.4, -0.2) is 51.3 Å². The summed E-state index contributed by atoms with van der Waals surface area (Å²) in [5.74, 6) is 0.331. The van der Waals surface area contributed by atoms with E-state index in [0.29, 0.717) is 12.0 Å². The minimum Gasteiger partial charge on any atom is -0.393 e. The molecule has 3 heterocycles. The lowest BCUT2D eigenvalue weighted by Crippen LogP contribution is -2.52. The molecule has 2 aliphatic rings. The average molecular weight is 329 g/mol. The normalized spacial score (nSPS) is 29.2. The number of aliphatic hydroxyl groups excluding tert-OH is 1. The van der Waals surface area contributed by atoms with Crippen LogP contribution in [0.2, 0.25) is 0 Å². The van der Waals surface area contributed by atoms with Gasteiger partial charge in [0.2, 0.25) is 0 Å². The van der Waals surface area contributed by atoms with Gasteiger partial charge >= 0.3 is 0 Å². The summed E-state index contributed by atoms with van der Waals surface area (Å²) in [4.78, 5) is 7.26. The van der Waals surface area contributed by atoms with E-state index in [4.69, 9.17) is 9.72 Å². The molecule has 1 aliphatic carbocycles. The molecule has 0 aromatic carbocycles. The van der Waals surface area contributed by atoms with Crippen molar-refractivity contribution in [3.8, 4) is 0 Å². The van der Waals surface area contributed by atoms with Gasteiger partial charge in [-0.15, -0.1) is 0 Å². The number of imidazole rings is 1. The number of aromatic nitrogens is 2. The summed E-state index contributed by atoms with van der Waals surface area (Å²) in [5.41, 5.74) is 3.31. The molecule has 0 spiro atoms. The fraction of sp³-hybridized carbons (Fsp3) is 0.632. The molecule has 1 saturated heterocycles. The van der Waals surface area contributed by atoms with E-state index < -0.39 is 0 Å². The summed E-state index contributed by atoms with van der Waals surface area (Å²) < 4.78 is 7.90. The number of aryl methyl sites for hydroxylation is 1. The molecule has 5 heteroatoms. The summed E-state index contributed by atoms with van der Waals surface area (Å²) in [5, 5.41) is 10.5. The summed E-state index contributed by atoms with van der Waals surface area (Å²) in [6.07, 6.45) is 6.38. The van der Waals surface area contributed by atoms with Crippen molar-refractivity contribution in [3.63, 3.8) is 0 Å². The first-order chi connectivity index (χ1) is 11.7. The fourth-order valence-corrected chi connectivity index (χ4v) is 4.32. The molecule has 130 valence electrons. The van der Waals surface area contributed by atoms with E-state index in [2.05, 4.69) is 40.6 Å². The number of aliphatic hydroxyl groups is 1. The predicted molar refractivity (Wildman–Crippen MR) is 92.9 cm³/mol. The Morgan fingerprint density at radius 1 is 1.29 bits per heavy atom. The molecule has 0 amide bonds. The first kappa shape index (κ1) is 16.1. The van der Waals surface area contributed by atoms with Gasteiger partial charge in [0.05, 0.1) is 25.0 Å². The topological polar surface area (TPSA) is 50.0 Å². The van der Waals surface area contributed by atoms with Gasteiger partial charge in [-0.3, -0.25) is 4.90 Å². The van der Waals surface area contributed by atoms with Gasteiger partial charge in [-0.2, -0.15) is 0 Å². The Morgan fingerprint density at radius 3 is 3.00 bits per heavy atom. The van der Waals surface area contributed by atoms with Gasteiger partial charge in [0, 0.05) is 36.9 Å². The van der Waals surface area contributed by atoms with E-state index in [1.807, 2.05) is 0 Å². The lowest BCUT2D eigenvalue weighted by Gasteiger charge is -2.43. The monoisotopic (exact) mass is 329 g/mol. The van der Waals surface area contributed by atoms with E-state index in [-0.39, 0.29) is 6.10 Å². The SMILES string of the molecule is Cc1cccc2nc(CN3CCOCC3C3CCCCC3O)cn12. The molecule has 3 unspecified atom stereocenters. The number of rotatable bonds is 3.